The minimum atomic E-state index is -1.41. The third-order valence-electron chi connectivity index (χ3n) is 0.183. The van der Waals surface area contributed by atoms with E-state index in [0.717, 1.165) is 0 Å². The molecule has 0 aliphatic heterocycles. The van der Waals surface area contributed by atoms with E-state index in [9.17, 15) is 0 Å². The van der Waals surface area contributed by atoms with E-state index in [-0.39, 0.29) is 0 Å². The molecule has 52 valence electrons. The van der Waals surface area contributed by atoms with Crippen molar-refractivity contribution < 1.29 is 25.2 Å². The van der Waals surface area contributed by atoms with Crippen molar-refractivity contribution in [3.05, 3.63) is 20.2 Å². The highest BCUT2D eigenvalue weighted by Gasteiger charge is 1.98. The Balaban J connectivity index is 3.10. The highest BCUT2D eigenvalue weighted by atomic mass is 17.6. The van der Waals surface area contributed by atoms with E-state index in [1.165, 1.54) is 0 Å². The maximum absolute atomic E-state index is 9.14. The first kappa shape index (κ1) is 7.36. The van der Waals surface area contributed by atoms with Crippen LogP contribution >= 0.6 is 0 Å². The van der Waals surface area contributed by atoms with Crippen molar-refractivity contribution in [2.45, 2.75) is 0 Å². The fourth-order valence-electron chi connectivity index (χ4n) is 0.0633. The minimum absolute atomic E-state index is 1.41. The van der Waals surface area contributed by atoms with Gasteiger partial charge in [0.15, 0.2) is 0 Å². The van der Waals surface area contributed by atoms with E-state index in [1.807, 2.05) is 0 Å². The van der Waals surface area contributed by atoms with Gasteiger partial charge in [-0.25, -0.2) is 0 Å². The smallest absolute Gasteiger partial charge is 0.114 e. The maximum Gasteiger partial charge on any atom is 0.324 e. The van der Waals surface area contributed by atoms with E-state index in [1.54, 1.807) is 0 Å². The summed E-state index contributed by atoms with van der Waals surface area (Å²) in [5.74, 6) is 0. The molecule has 0 N–H and O–H groups in total. The second-order valence-corrected chi connectivity index (χ2v) is 0.664. The Kier molecular flexibility index (Phi) is 2.76. The number of rotatable bonds is 4. The third kappa shape index (κ3) is 6.36. The Morgan fingerprint density at radius 1 is 1.00 bits per heavy atom. The lowest BCUT2D eigenvalue weighted by atomic mass is 13.1. The van der Waals surface area contributed by atoms with Gasteiger partial charge in [-0.15, -0.1) is 30.2 Å². The fraction of sp³-hybridized carbons (Fsp3) is 0. The summed E-state index contributed by atoms with van der Waals surface area (Å²) < 4.78 is 0. The molecule has 0 rings (SSSR count). The molecular formula is N2O7. The van der Waals surface area contributed by atoms with Crippen LogP contribution in [-0.4, -0.2) is 10.2 Å². The van der Waals surface area contributed by atoms with Crippen molar-refractivity contribution in [1.29, 1.82) is 0 Å². The Morgan fingerprint density at radius 3 is 1.56 bits per heavy atom. The lowest BCUT2D eigenvalue weighted by Crippen LogP contribution is -2.06. The van der Waals surface area contributed by atoms with E-state index in [4.69, 9.17) is 20.2 Å². The SMILES string of the molecule is O=[N+]([O-])OOO[N+](=O)[O-]. The van der Waals surface area contributed by atoms with Crippen molar-refractivity contribution >= 4 is 0 Å². The molecule has 0 saturated heterocycles. The highest BCUT2D eigenvalue weighted by molar-refractivity contribution is 3.86. The van der Waals surface area contributed by atoms with E-state index in [2.05, 4.69) is 15.0 Å². The van der Waals surface area contributed by atoms with Crippen molar-refractivity contribution in [2.75, 3.05) is 0 Å². The molecule has 0 aromatic carbocycles. The predicted octanol–water partition coefficient (Wildman–Crippen LogP) is -0.750. The summed E-state index contributed by atoms with van der Waals surface area (Å²) in [5.41, 5.74) is 0. The average molecular weight is 140 g/mol. The zero-order valence-corrected chi connectivity index (χ0v) is 3.75. The largest absolute Gasteiger partial charge is 0.324 e. The van der Waals surface area contributed by atoms with Crippen molar-refractivity contribution in [2.24, 2.45) is 0 Å². The summed E-state index contributed by atoms with van der Waals surface area (Å²) >= 11 is 0. The Morgan fingerprint density at radius 2 is 1.33 bits per heavy atom. The molecule has 0 amide bonds. The molecule has 9 heteroatoms. The summed E-state index contributed by atoms with van der Waals surface area (Å²) in [6.45, 7) is 0. The maximum atomic E-state index is 9.14. The van der Waals surface area contributed by atoms with Crippen LogP contribution in [-0.2, 0) is 15.0 Å². The highest BCUT2D eigenvalue weighted by Crippen LogP contribution is 1.80. The molecule has 0 atom stereocenters. The molecule has 0 heterocycles. The fourth-order valence-corrected chi connectivity index (χ4v) is 0.0633. The van der Waals surface area contributed by atoms with Gasteiger partial charge in [0.25, 0.3) is 0 Å². The number of hydrogen-bond donors (Lipinski definition) is 0. The topological polar surface area (TPSA) is 114 Å². The molecule has 0 aromatic rings. The van der Waals surface area contributed by atoms with E-state index >= 15 is 0 Å². The van der Waals surface area contributed by atoms with Crippen LogP contribution in [0.4, 0.5) is 0 Å². The van der Waals surface area contributed by atoms with Gasteiger partial charge in [0, 0.05) is 5.04 Å². The number of nitrogens with zero attached hydrogens (tertiary/aromatic N) is 2. The predicted molar refractivity (Wildman–Crippen MR) is 17.2 cm³/mol. The molecule has 0 aromatic heterocycles. The van der Waals surface area contributed by atoms with E-state index in [0.29, 0.717) is 0 Å². The normalized spacial score (nSPS) is 8.00. The molecule has 0 unspecified atom stereocenters. The van der Waals surface area contributed by atoms with E-state index < -0.39 is 10.2 Å². The van der Waals surface area contributed by atoms with Gasteiger partial charge in [-0.2, -0.15) is 0 Å². The summed E-state index contributed by atoms with van der Waals surface area (Å²) in [5, 5.41) is 18.4. The summed E-state index contributed by atoms with van der Waals surface area (Å²) in [4.78, 5) is 24.1. The zero-order valence-electron chi connectivity index (χ0n) is 3.75. The molecule has 0 saturated carbocycles. The van der Waals surface area contributed by atoms with Gasteiger partial charge in [0.05, 0.1) is 0 Å². The Labute approximate surface area is 46.8 Å². The van der Waals surface area contributed by atoms with Crippen LogP contribution in [0.25, 0.3) is 0 Å². The Bertz CT molecular complexity index is 102. The molecule has 0 spiro atoms. The van der Waals surface area contributed by atoms with Crippen molar-refractivity contribution in [3.63, 3.8) is 0 Å². The molecule has 9 heavy (non-hydrogen) atoms. The third-order valence-corrected chi connectivity index (χ3v) is 0.183. The van der Waals surface area contributed by atoms with Crippen LogP contribution in [0.1, 0.15) is 0 Å². The molecule has 0 aliphatic carbocycles. The van der Waals surface area contributed by atoms with Crippen molar-refractivity contribution in [1.82, 2.24) is 0 Å². The lowest BCUT2D eigenvalue weighted by molar-refractivity contribution is -0.986. The quantitative estimate of drug-likeness (QED) is 0.286. The first-order valence-corrected chi connectivity index (χ1v) is 1.43. The van der Waals surface area contributed by atoms with Crippen LogP contribution < -0.4 is 0 Å². The van der Waals surface area contributed by atoms with Gasteiger partial charge < -0.3 is 0 Å². The lowest BCUT2D eigenvalue weighted by Gasteiger charge is -1.89. The first-order chi connectivity index (χ1) is 4.13. The second kappa shape index (κ2) is 3.37. The zero-order chi connectivity index (χ0) is 7.28. The van der Waals surface area contributed by atoms with Crippen LogP contribution in [0.2, 0.25) is 0 Å². The molecule has 0 bridgehead atoms. The van der Waals surface area contributed by atoms with Gasteiger partial charge in [-0.05, 0) is 0 Å². The molecule has 0 aliphatic rings. The van der Waals surface area contributed by atoms with Crippen LogP contribution in [0, 0.1) is 20.2 Å². The standard InChI is InChI=1S/N2O7/c3-1(4)7-9-8-2(5)6. The monoisotopic (exact) mass is 140 g/mol. The molecule has 0 radical (unpaired) electrons. The summed E-state index contributed by atoms with van der Waals surface area (Å²) in [7, 11) is 0. The summed E-state index contributed by atoms with van der Waals surface area (Å²) in [6.07, 6.45) is 0. The number of hydrogen-bond acceptors (Lipinski definition) is 7. The second-order valence-electron chi connectivity index (χ2n) is 0.664. The van der Waals surface area contributed by atoms with Crippen LogP contribution in [0.15, 0.2) is 0 Å². The molecular weight excluding hydrogens is 140 g/mol. The van der Waals surface area contributed by atoms with Crippen molar-refractivity contribution in [3.8, 4) is 0 Å². The molecule has 9 nitrogen and oxygen atoms in total. The van der Waals surface area contributed by atoms with Crippen LogP contribution in [0.5, 0.6) is 0 Å². The average Bonchev–Trinajstić information content (AvgIpc) is 1.63. The van der Waals surface area contributed by atoms with Gasteiger partial charge in [0.2, 0.25) is 0 Å². The molecule has 0 fully saturated rings. The van der Waals surface area contributed by atoms with Gasteiger partial charge in [0.1, 0.15) is 0 Å². The van der Waals surface area contributed by atoms with Crippen LogP contribution in [0.3, 0.4) is 0 Å². The van der Waals surface area contributed by atoms with Gasteiger partial charge in [-0.3, -0.25) is 0 Å². The summed E-state index contributed by atoms with van der Waals surface area (Å²) in [6, 6.07) is 0. The Hall–Kier alpha value is -1.64. The minimum Gasteiger partial charge on any atom is -0.114 e. The van der Waals surface area contributed by atoms with Gasteiger partial charge >= 0.3 is 10.2 Å². The van der Waals surface area contributed by atoms with Gasteiger partial charge in [-0.1, -0.05) is 0 Å². The first-order valence-electron chi connectivity index (χ1n) is 1.43.